The third-order valence-electron chi connectivity index (χ3n) is 7.10. The maximum Gasteiger partial charge on any atom is 0.416 e. The molecule has 1 aromatic carbocycles. The van der Waals surface area contributed by atoms with Gasteiger partial charge in [0.15, 0.2) is 0 Å². The number of amides is 1. The van der Waals surface area contributed by atoms with Crippen molar-refractivity contribution in [3.63, 3.8) is 0 Å². The third-order valence-corrected chi connectivity index (χ3v) is 7.10. The summed E-state index contributed by atoms with van der Waals surface area (Å²) in [5.74, 6) is 0.219. The zero-order valence-corrected chi connectivity index (χ0v) is 19.0. The van der Waals surface area contributed by atoms with Gasteiger partial charge in [-0.2, -0.15) is 13.2 Å². The Kier molecular flexibility index (Phi) is 8.58. The Morgan fingerprint density at radius 3 is 2.31 bits per heavy atom. The summed E-state index contributed by atoms with van der Waals surface area (Å²) in [5.41, 5.74) is -1.32. The van der Waals surface area contributed by atoms with Crippen LogP contribution in [-0.4, -0.2) is 62.9 Å². The van der Waals surface area contributed by atoms with Crippen molar-refractivity contribution < 1.29 is 27.4 Å². The number of rotatable bonds is 8. The Bertz CT molecular complexity index is 740. The Balaban J connectivity index is 1.82. The van der Waals surface area contributed by atoms with Gasteiger partial charge in [-0.15, -0.1) is 0 Å². The number of ether oxygens (including phenoxy) is 2. The molecule has 0 saturated carbocycles. The number of halogens is 3. The fourth-order valence-electron chi connectivity index (χ4n) is 5.06. The van der Waals surface area contributed by atoms with Crippen molar-refractivity contribution in [3.8, 4) is 0 Å². The summed E-state index contributed by atoms with van der Waals surface area (Å²) in [6.07, 6.45) is -1.71. The van der Waals surface area contributed by atoms with Gasteiger partial charge in [0.1, 0.15) is 0 Å². The highest BCUT2D eigenvalue weighted by Crippen LogP contribution is 2.38. The lowest BCUT2D eigenvalue weighted by Gasteiger charge is -2.41. The van der Waals surface area contributed by atoms with Gasteiger partial charge in [0.05, 0.1) is 24.2 Å². The van der Waals surface area contributed by atoms with Crippen LogP contribution in [0.15, 0.2) is 24.3 Å². The fraction of sp³-hybridized carbons (Fsp3) is 0.708. The fourth-order valence-corrected chi connectivity index (χ4v) is 5.06. The van der Waals surface area contributed by atoms with Crippen LogP contribution in [0.25, 0.3) is 0 Å². The third kappa shape index (κ3) is 5.64. The van der Waals surface area contributed by atoms with Crippen LogP contribution in [0.4, 0.5) is 13.2 Å². The summed E-state index contributed by atoms with van der Waals surface area (Å²) < 4.78 is 51.0. The zero-order chi connectivity index (χ0) is 23.2. The predicted molar refractivity (Wildman–Crippen MR) is 116 cm³/mol. The van der Waals surface area contributed by atoms with Gasteiger partial charge in [-0.1, -0.05) is 44.9 Å². The zero-order valence-electron chi connectivity index (χ0n) is 19.0. The summed E-state index contributed by atoms with van der Waals surface area (Å²) in [6, 6.07) is 5.39. The topological polar surface area (TPSA) is 50.8 Å². The van der Waals surface area contributed by atoms with Crippen molar-refractivity contribution in [2.24, 2.45) is 5.92 Å². The number of benzene rings is 1. The van der Waals surface area contributed by atoms with E-state index in [0.717, 1.165) is 38.1 Å². The SMILES string of the molecule is CCC(CC)C(CNC(=O)C1(c2cccc(C(F)(F)F)c2)CCOCC1)N1CCOCC1. The molecule has 2 fully saturated rings. The lowest BCUT2D eigenvalue weighted by molar-refractivity contribution is -0.138. The molecule has 32 heavy (non-hydrogen) atoms. The number of carbonyl (C=O) groups excluding carboxylic acids is 1. The lowest BCUT2D eigenvalue weighted by Crippen LogP contribution is -2.55. The van der Waals surface area contributed by atoms with Crippen molar-refractivity contribution in [2.45, 2.75) is 57.2 Å². The van der Waals surface area contributed by atoms with E-state index in [4.69, 9.17) is 9.47 Å². The molecule has 1 atom stereocenters. The molecule has 0 radical (unpaired) electrons. The maximum absolute atomic E-state index is 13.6. The molecule has 0 aromatic heterocycles. The number of morpholine rings is 1. The van der Waals surface area contributed by atoms with Gasteiger partial charge in [-0.25, -0.2) is 0 Å². The molecule has 1 N–H and O–H groups in total. The average molecular weight is 457 g/mol. The minimum atomic E-state index is -4.45. The summed E-state index contributed by atoms with van der Waals surface area (Å²) >= 11 is 0. The van der Waals surface area contributed by atoms with Gasteiger partial charge in [0, 0.05) is 38.9 Å². The molecule has 2 aliphatic heterocycles. The highest BCUT2D eigenvalue weighted by atomic mass is 19.4. The monoisotopic (exact) mass is 456 g/mol. The first-order valence-corrected chi connectivity index (χ1v) is 11.7. The predicted octanol–water partition coefficient (Wildman–Crippen LogP) is 4.01. The first kappa shape index (κ1) is 25.0. The van der Waals surface area contributed by atoms with Crippen molar-refractivity contribution >= 4 is 5.91 Å². The van der Waals surface area contributed by atoms with Gasteiger partial charge in [0.25, 0.3) is 0 Å². The average Bonchev–Trinajstić information content (AvgIpc) is 2.82. The van der Waals surface area contributed by atoms with E-state index in [1.807, 2.05) is 0 Å². The van der Waals surface area contributed by atoms with E-state index >= 15 is 0 Å². The second-order valence-electron chi connectivity index (χ2n) is 8.78. The van der Waals surface area contributed by atoms with Crippen LogP contribution < -0.4 is 5.32 Å². The van der Waals surface area contributed by atoms with Gasteiger partial charge in [-0.3, -0.25) is 9.69 Å². The summed E-state index contributed by atoms with van der Waals surface area (Å²) in [4.78, 5) is 16.0. The van der Waals surface area contributed by atoms with Crippen LogP contribution in [-0.2, 0) is 25.9 Å². The van der Waals surface area contributed by atoms with E-state index in [-0.39, 0.29) is 11.9 Å². The highest BCUT2D eigenvalue weighted by Gasteiger charge is 2.43. The normalized spacial score (nSPS) is 20.8. The van der Waals surface area contributed by atoms with E-state index in [2.05, 4.69) is 24.1 Å². The van der Waals surface area contributed by atoms with Gasteiger partial charge >= 0.3 is 6.18 Å². The number of hydrogen-bond donors (Lipinski definition) is 1. The standard InChI is InChI=1S/C24H35F3N2O3/c1-3-18(4-2)21(29-10-14-32-15-11-29)17-28-22(30)23(8-12-31-13-9-23)19-6-5-7-20(16-19)24(25,26)27/h5-7,16,18,21H,3-4,8-15,17H2,1-2H3,(H,28,30). The van der Waals surface area contributed by atoms with Gasteiger partial charge in [0.2, 0.25) is 5.91 Å². The van der Waals surface area contributed by atoms with Crippen molar-refractivity contribution in [1.82, 2.24) is 10.2 Å². The molecule has 1 unspecified atom stereocenters. The molecule has 0 bridgehead atoms. The van der Waals surface area contributed by atoms with E-state index < -0.39 is 17.2 Å². The first-order chi connectivity index (χ1) is 15.3. The summed E-state index contributed by atoms with van der Waals surface area (Å²) in [6.45, 7) is 8.50. The van der Waals surface area contributed by atoms with E-state index in [9.17, 15) is 18.0 Å². The molecule has 2 aliphatic rings. The number of nitrogens with zero attached hydrogens (tertiary/aromatic N) is 1. The van der Waals surface area contributed by atoms with Crippen LogP contribution in [0.5, 0.6) is 0 Å². The summed E-state index contributed by atoms with van der Waals surface area (Å²) in [5, 5.41) is 3.14. The Labute approximate surface area is 188 Å². The molecule has 1 aromatic rings. The minimum absolute atomic E-state index is 0.177. The second kappa shape index (κ2) is 11.0. The Hall–Kier alpha value is -1.64. The molecule has 3 rings (SSSR count). The smallest absolute Gasteiger partial charge is 0.381 e. The molecule has 0 aliphatic carbocycles. The maximum atomic E-state index is 13.6. The molecule has 2 saturated heterocycles. The van der Waals surface area contributed by atoms with E-state index in [1.54, 1.807) is 6.07 Å². The summed E-state index contributed by atoms with van der Waals surface area (Å²) in [7, 11) is 0. The van der Waals surface area contributed by atoms with E-state index in [0.29, 0.717) is 57.3 Å². The largest absolute Gasteiger partial charge is 0.416 e. The molecular formula is C24H35F3N2O3. The molecule has 0 spiro atoms. The molecule has 5 nitrogen and oxygen atoms in total. The Morgan fingerprint density at radius 2 is 1.72 bits per heavy atom. The van der Waals surface area contributed by atoms with E-state index in [1.165, 1.54) is 6.07 Å². The number of hydrogen-bond acceptors (Lipinski definition) is 4. The van der Waals surface area contributed by atoms with Crippen LogP contribution in [0.1, 0.15) is 50.7 Å². The van der Waals surface area contributed by atoms with Crippen molar-refractivity contribution in [2.75, 3.05) is 46.1 Å². The van der Waals surface area contributed by atoms with Crippen LogP contribution in [0.3, 0.4) is 0 Å². The molecule has 2 heterocycles. The highest BCUT2D eigenvalue weighted by molar-refractivity contribution is 5.88. The number of nitrogens with one attached hydrogen (secondary N) is 1. The molecule has 180 valence electrons. The van der Waals surface area contributed by atoms with Crippen molar-refractivity contribution in [3.05, 3.63) is 35.4 Å². The van der Waals surface area contributed by atoms with Crippen molar-refractivity contribution in [1.29, 1.82) is 0 Å². The number of alkyl halides is 3. The minimum Gasteiger partial charge on any atom is -0.381 e. The van der Waals surface area contributed by atoms with Crippen LogP contribution in [0, 0.1) is 5.92 Å². The quantitative estimate of drug-likeness (QED) is 0.642. The van der Waals surface area contributed by atoms with Gasteiger partial charge in [-0.05, 0) is 30.4 Å². The molecular weight excluding hydrogens is 421 g/mol. The molecule has 1 amide bonds. The van der Waals surface area contributed by atoms with Crippen LogP contribution in [0.2, 0.25) is 0 Å². The second-order valence-corrected chi connectivity index (χ2v) is 8.78. The lowest BCUT2D eigenvalue weighted by atomic mass is 9.73. The molecule has 8 heteroatoms. The first-order valence-electron chi connectivity index (χ1n) is 11.7. The van der Waals surface area contributed by atoms with Gasteiger partial charge < -0.3 is 14.8 Å². The Morgan fingerprint density at radius 1 is 1.09 bits per heavy atom. The van der Waals surface area contributed by atoms with Crippen LogP contribution >= 0.6 is 0 Å². The number of carbonyl (C=O) groups is 1.